The molecule has 3 N–H and O–H groups in total. The Labute approximate surface area is 224 Å². The fraction of sp³-hybridized carbons (Fsp3) is 0.143. The van der Waals surface area contributed by atoms with E-state index in [0.717, 1.165) is 38.5 Å². The van der Waals surface area contributed by atoms with Crippen LogP contribution in [0.25, 0.3) is 22.2 Å². The van der Waals surface area contributed by atoms with Crippen LogP contribution in [0.4, 0.5) is 16.3 Å². The number of aromatic nitrogens is 4. The second kappa shape index (κ2) is 11.2. The number of ether oxygens (including phenoxy) is 2. The summed E-state index contributed by atoms with van der Waals surface area (Å²) in [5.41, 5.74) is 4.50. The Kier molecular flexibility index (Phi) is 7.41. The predicted molar refractivity (Wildman–Crippen MR) is 149 cm³/mol. The highest BCUT2D eigenvalue weighted by Crippen LogP contribution is 2.37. The van der Waals surface area contributed by atoms with E-state index in [4.69, 9.17) is 9.47 Å². The average Bonchev–Trinajstić information content (AvgIpc) is 3.40. The van der Waals surface area contributed by atoms with Crippen LogP contribution in [-0.2, 0) is 6.42 Å². The molecule has 192 valence electrons. The first kappa shape index (κ1) is 25.1. The van der Waals surface area contributed by atoms with Crippen molar-refractivity contribution in [3.63, 3.8) is 0 Å². The van der Waals surface area contributed by atoms with Gasteiger partial charge in [0.25, 0.3) is 0 Å². The molecule has 0 fully saturated rings. The second-order valence-electron chi connectivity index (χ2n) is 8.29. The van der Waals surface area contributed by atoms with Crippen molar-refractivity contribution in [2.45, 2.75) is 23.3 Å². The number of urea groups is 1. The van der Waals surface area contributed by atoms with Crippen LogP contribution in [0.1, 0.15) is 12.5 Å². The molecule has 38 heavy (non-hydrogen) atoms. The van der Waals surface area contributed by atoms with Gasteiger partial charge in [-0.25, -0.2) is 14.8 Å². The molecule has 2 aromatic heterocycles. The standard InChI is InChI=1S/C28H26N6O3S/c1-4-17-8-5-6-11-20(17)23-15-26(34-33-23)32-28(35)31-18-9-7-10-19(12-18)38-27-21-13-24(36-2)25(37-3)14-22(21)29-16-30-27/h5-16H,4H2,1-3H3,(H3,31,32,33,34,35). The lowest BCUT2D eigenvalue weighted by molar-refractivity contribution is 0.262. The highest BCUT2D eigenvalue weighted by atomic mass is 32.2. The third-order valence-corrected chi connectivity index (χ3v) is 6.93. The molecule has 10 heteroatoms. The topological polar surface area (TPSA) is 114 Å². The summed E-state index contributed by atoms with van der Waals surface area (Å²) < 4.78 is 10.8. The molecule has 3 aromatic carbocycles. The van der Waals surface area contributed by atoms with Crippen molar-refractivity contribution in [1.82, 2.24) is 20.2 Å². The summed E-state index contributed by atoms with van der Waals surface area (Å²) in [7, 11) is 3.18. The first-order valence-corrected chi connectivity index (χ1v) is 12.8. The van der Waals surface area contributed by atoms with Gasteiger partial charge in [0.15, 0.2) is 17.3 Å². The van der Waals surface area contributed by atoms with E-state index >= 15 is 0 Å². The van der Waals surface area contributed by atoms with Crippen molar-refractivity contribution in [3.05, 3.63) is 78.6 Å². The maximum atomic E-state index is 12.7. The SMILES string of the molecule is CCc1ccccc1-c1cc(NC(=O)Nc2cccc(Sc3ncnc4cc(OC)c(OC)cc34)c2)n[nH]1. The molecule has 0 atom stereocenters. The Morgan fingerprint density at radius 2 is 1.76 bits per heavy atom. The number of hydrogen-bond donors (Lipinski definition) is 3. The van der Waals surface area contributed by atoms with Crippen molar-refractivity contribution >= 4 is 40.2 Å². The molecular weight excluding hydrogens is 500 g/mol. The molecular formula is C28H26N6O3S. The molecule has 0 aliphatic carbocycles. The zero-order valence-electron chi connectivity index (χ0n) is 21.1. The van der Waals surface area contributed by atoms with Gasteiger partial charge in [-0.2, -0.15) is 5.10 Å². The Balaban J connectivity index is 1.29. The lowest BCUT2D eigenvalue weighted by atomic mass is 10.0. The Morgan fingerprint density at radius 3 is 2.58 bits per heavy atom. The minimum atomic E-state index is -0.390. The Bertz CT molecular complexity index is 1600. The number of H-pyrrole nitrogens is 1. The molecule has 0 aliphatic heterocycles. The number of benzene rings is 3. The smallest absolute Gasteiger partial charge is 0.324 e. The van der Waals surface area contributed by atoms with Crippen LogP contribution in [0.2, 0.25) is 0 Å². The number of carbonyl (C=O) groups excluding carboxylic acids is 1. The van der Waals surface area contributed by atoms with E-state index < -0.39 is 6.03 Å². The molecule has 0 unspecified atom stereocenters. The first-order valence-electron chi connectivity index (χ1n) is 11.9. The summed E-state index contributed by atoms with van der Waals surface area (Å²) in [5, 5.41) is 14.5. The lowest BCUT2D eigenvalue weighted by Crippen LogP contribution is -2.19. The number of nitrogens with zero attached hydrogens (tertiary/aromatic N) is 3. The minimum Gasteiger partial charge on any atom is -0.493 e. The van der Waals surface area contributed by atoms with Crippen molar-refractivity contribution in [2.24, 2.45) is 0 Å². The van der Waals surface area contributed by atoms with Crippen LogP contribution in [0.3, 0.4) is 0 Å². The van der Waals surface area contributed by atoms with E-state index in [1.165, 1.54) is 23.7 Å². The van der Waals surface area contributed by atoms with E-state index in [-0.39, 0.29) is 0 Å². The molecule has 0 saturated carbocycles. The number of methoxy groups -OCH3 is 2. The third-order valence-electron chi connectivity index (χ3n) is 5.92. The lowest BCUT2D eigenvalue weighted by Gasteiger charge is -2.11. The molecule has 0 saturated heterocycles. The van der Waals surface area contributed by atoms with E-state index in [2.05, 4.69) is 43.8 Å². The Hall–Kier alpha value is -4.57. The highest BCUT2D eigenvalue weighted by Gasteiger charge is 2.13. The monoisotopic (exact) mass is 526 g/mol. The second-order valence-corrected chi connectivity index (χ2v) is 9.35. The van der Waals surface area contributed by atoms with Gasteiger partial charge in [-0.1, -0.05) is 49.0 Å². The maximum absolute atomic E-state index is 12.7. The first-order chi connectivity index (χ1) is 18.6. The van der Waals surface area contributed by atoms with Crippen LogP contribution < -0.4 is 20.1 Å². The summed E-state index contributed by atoms with van der Waals surface area (Å²) in [6, 6.07) is 20.8. The number of rotatable bonds is 8. The van der Waals surface area contributed by atoms with Gasteiger partial charge in [-0.15, -0.1) is 0 Å². The average molecular weight is 527 g/mol. The van der Waals surface area contributed by atoms with Gasteiger partial charge >= 0.3 is 6.03 Å². The summed E-state index contributed by atoms with van der Waals surface area (Å²) >= 11 is 1.46. The molecule has 0 bridgehead atoms. The van der Waals surface area contributed by atoms with Crippen molar-refractivity contribution in [1.29, 1.82) is 0 Å². The minimum absolute atomic E-state index is 0.390. The number of nitrogens with one attached hydrogen (secondary N) is 3. The highest BCUT2D eigenvalue weighted by molar-refractivity contribution is 7.99. The summed E-state index contributed by atoms with van der Waals surface area (Å²) in [4.78, 5) is 22.4. The van der Waals surface area contributed by atoms with Crippen LogP contribution in [0, 0.1) is 0 Å². The normalized spacial score (nSPS) is 10.8. The molecule has 5 aromatic rings. The molecule has 9 nitrogen and oxygen atoms in total. The quantitative estimate of drug-likeness (QED) is 0.201. The number of amides is 2. The number of fused-ring (bicyclic) bond motifs is 1. The van der Waals surface area contributed by atoms with E-state index in [0.29, 0.717) is 23.0 Å². The summed E-state index contributed by atoms with van der Waals surface area (Å²) in [5.74, 6) is 1.64. The molecule has 0 spiro atoms. The maximum Gasteiger partial charge on any atom is 0.324 e. The van der Waals surface area contributed by atoms with E-state index in [1.807, 2.05) is 60.7 Å². The Morgan fingerprint density at radius 1 is 0.947 bits per heavy atom. The zero-order valence-corrected chi connectivity index (χ0v) is 21.9. The van der Waals surface area contributed by atoms with Crippen molar-refractivity contribution < 1.29 is 14.3 Å². The van der Waals surface area contributed by atoms with Gasteiger partial charge in [0, 0.05) is 33.7 Å². The van der Waals surface area contributed by atoms with Gasteiger partial charge < -0.3 is 14.8 Å². The van der Waals surface area contributed by atoms with Crippen molar-refractivity contribution in [3.8, 4) is 22.8 Å². The van der Waals surface area contributed by atoms with Crippen LogP contribution in [0.5, 0.6) is 11.5 Å². The largest absolute Gasteiger partial charge is 0.493 e. The molecule has 5 rings (SSSR count). The van der Waals surface area contributed by atoms with Crippen molar-refractivity contribution in [2.75, 3.05) is 24.9 Å². The van der Waals surface area contributed by atoms with Crippen LogP contribution in [-0.4, -0.2) is 40.4 Å². The molecule has 2 amide bonds. The van der Waals surface area contributed by atoms with Crippen LogP contribution >= 0.6 is 11.8 Å². The molecule has 0 radical (unpaired) electrons. The number of anilines is 2. The fourth-order valence-electron chi connectivity index (χ4n) is 4.08. The number of carbonyl (C=O) groups is 1. The number of hydrogen-bond acceptors (Lipinski definition) is 7. The van der Waals surface area contributed by atoms with Crippen LogP contribution in [0.15, 0.2) is 83.0 Å². The van der Waals surface area contributed by atoms with E-state index in [9.17, 15) is 4.79 Å². The number of aromatic amines is 1. The van der Waals surface area contributed by atoms with Gasteiger partial charge in [-0.05, 0) is 36.2 Å². The molecule has 2 heterocycles. The summed E-state index contributed by atoms with van der Waals surface area (Å²) in [6.45, 7) is 2.11. The molecule has 0 aliphatic rings. The zero-order chi connectivity index (χ0) is 26.5. The third kappa shape index (κ3) is 5.40. The fourth-order valence-corrected chi connectivity index (χ4v) is 5.01. The number of aryl methyl sites for hydroxylation is 1. The van der Waals surface area contributed by atoms with Gasteiger partial charge in [0.05, 0.1) is 25.4 Å². The van der Waals surface area contributed by atoms with Gasteiger partial charge in [0.1, 0.15) is 11.4 Å². The summed E-state index contributed by atoms with van der Waals surface area (Å²) in [6.07, 6.45) is 2.42. The van der Waals surface area contributed by atoms with Gasteiger partial charge in [-0.3, -0.25) is 10.4 Å². The van der Waals surface area contributed by atoms with Gasteiger partial charge in [0.2, 0.25) is 0 Å². The predicted octanol–water partition coefficient (Wildman–Crippen LogP) is 6.39. The van der Waals surface area contributed by atoms with E-state index in [1.54, 1.807) is 14.2 Å².